The normalized spacial score (nSPS) is 16.9. The largest absolute Gasteiger partial charge is 0.379 e. The molecule has 0 radical (unpaired) electrons. The first kappa shape index (κ1) is 23.8. The first-order valence-electron chi connectivity index (χ1n) is 8.22. The van der Waals surface area contributed by atoms with Crippen LogP contribution in [0.2, 0.25) is 0 Å². The van der Waals surface area contributed by atoms with Crippen LogP contribution in [-0.2, 0) is 14.8 Å². The number of ether oxygens (including phenoxy) is 1. The summed E-state index contributed by atoms with van der Waals surface area (Å²) in [6.45, 7) is 8.76. The molecule has 0 aliphatic carbocycles. The number of guanidine groups is 1. The standard InChI is InChI=1S/C14H31N5O3S.HI/c1-3-19(23(2,20)21)9-5-7-17-14(15)16-6-4-8-18-10-12-22-13-11-18;/h3-13H2,1-2H3,(H3,15,16,17);1H. The van der Waals surface area contributed by atoms with Crippen molar-refractivity contribution in [3.05, 3.63) is 0 Å². The maximum atomic E-state index is 11.4. The van der Waals surface area contributed by atoms with Crippen LogP contribution >= 0.6 is 24.0 Å². The summed E-state index contributed by atoms with van der Waals surface area (Å²) in [4.78, 5) is 6.60. The van der Waals surface area contributed by atoms with Crippen LogP contribution in [0, 0.1) is 0 Å². The van der Waals surface area contributed by atoms with E-state index in [1.807, 2.05) is 6.92 Å². The van der Waals surface area contributed by atoms with Gasteiger partial charge in [0.05, 0.1) is 19.5 Å². The fourth-order valence-corrected chi connectivity index (χ4v) is 3.33. The van der Waals surface area contributed by atoms with Crippen molar-refractivity contribution in [2.75, 3.05) is 65.3 Å². The molecule has 0 bridgehead atoms. The van der Waals surface area contributed by atoms with Crippen LogP contribution in [0.4, 0.5) is 0 Å². The highest BCUT2D eigenvalue weighted by atomic mass is 127. The molecule has 1 aliphatic rings. The molecule has 0 atom stereocenters. The molecule has 0 saturated carbocycles. The van der Waals surface area contributed by atoms with E-state index in [9.17, 15) is 8.42 Å². The number of sulfonamides is 1. The Bertz CT molecular complexity index is 455. The highest BCUT2D eigenvalue weighted by Crippen LogP contribution is 1.99. The topological polar surface area (TPSA) is 100 Å². The van der Waals surface area contributed by atoms with Gasteiger partial charge in [-0.15, -0.1) is 24.0 Å². The van der Waals surface area contributed by atoms with E-state index in [1.165, 1.54) is 10.6 Å². The molecule has 3 N–H and O–H groups in total. The van der Waals surface area contributed by atoms with Crippen LogP contribution in [0.1, 0.15) is 19.8 Å². The van der Waals surface area contributed by atoms with Crippen LogP contribution in [-0.4, -0.2) is 88.9 Å². The lowest BCUT2D eigenvalue weighted by molar-refractivity contribution is 0.0376. The lowest BCUT2D eigenvalue weighted by Gasteiger charge is -2.26. The van der Waals surface area contributed by atoms with Crippen LogP contribution < -0.4 is 11.1 Å². The third-order valence-electron chi connectivity index (χ3n) is 3.73. The minimum atomic E-state index is -3.12. The SMILES string of the molecule is CCN(CCCN=C(N)NCCCN1CCOCC1)S(C)(=O)=O.I. The summed E-state index contributed by atoms with van der Waals surface area (Å²) in [6.07, 6.45) is 2.90. The first-order chi connectivity index (χ1) is 10.9. The molecule has 0 amide bonds. The van der Waals surface area contributed by atoms with Gasteiger partial charge in [-0.2, -0.15) is 0 Å². The average Bonchev–Trinajstić information content (AvgIpc) is 2.51. The molecule has 0 aromatic carbocycles. The average molecular weight is 477 g/mol. The predicted molar refractivity (Wildman–Crippen MR) is 108 cm³/mol. The number of morpholine rings is 1. The third-order valence-corrected chi connectivity index (χ3v) is 5.11. The summed E-state index contributed by atoms with van der Waals surface area (Å²) in [6, 6.07) is 0. The molecule has 0 spiro atoms. The second-order valence-corrected chi connectivity index (χ2v) is 7.59. The van der Waals surface area contributed by atoms with Gasteiger partial charge in [0.1, 0.15) is 0 Å². The van der Waals surface area contributed by atoms with Crippen molar-refractivity contribution < 1.29 is 13.2 Å². The summed E-state index contributed by atoms with van der Waals surface area (Å²) < 4.78 is 29.6. The van der Waals surface area contributed by atoms with Gasteiger partial charge in [-0.3, -0.25) is 9.89 Å². The smallest absolute Gasteiger partial charge is 0.211 e. The summed E-state index contributed by atoms with van der Waals surface area (Å²) in [5.74, 6) is 0.425. The van der Waals surface area contributed by atoms with Gasteiger partial charge >= 0.3 is 0 Å². The molecule has 24 heavy (non-hydrogen) atoms. The summed E-state index contributed by atoms with van der Waals surface area (Å²) in [5.41, 5.74) is 5.80. The number of aliphatic imine (C=N–C) groups is 1. The fourth-order valence-electron chi connectivity index (χ4n) is 2.40. The summed E-state index contributed by atoms with van der Waals surface area (Å²) >= 11 is 0. The van der Waals surface area contributed by atoms with E-state index in [0.29, 0.717) is 32.0 Å². The van der Waals surface area contributed by atoms with E-state index in [4.69, 9.17) is 10.5 Å². The second-order valence-electron chi connectivity index (χ2n) is 5.61. The number of nitrogens with one attached hydrogen (secondary N) is 1. The van der Waals surface area contributed by atoms with Crippen LogP contribution in [0.5, 0.6) is 0 Å². The molecule has 1 saturated heterocycles. The Morgan fingerprint density at radius 1 is 1.33 bits per heavy atom. The molecular formula is C14H32IN5O3S. The molecular weight excluding hydrogens is 445 g/mol. The lowest BCUT2D eigenvalue weighted by Crippen LogP contribution is -2.39. The number of halogens is 1. The van der Waals surface area contributed by atoms with Gasteiger partial charge in [0.15, 0.2) is 5.96 Å². The van der Waals surface area contributed by atoms with Gasteiger partial charge in [-0.25, -0.2) is 12.7 Å². The Hall–Kier alpha value is -0.170. The lowest BCUT2D eigenvalue weighted by atomic mass is 10.3. The van der Waals surface area contributed by atoms with Gasteiger partial charge < -0.3 is 15.8 Å². The molecule has 8 nitrogen and oxygen atoms in total. The highest BCUT2D eigenvalue weighted by Gasteiger charge is 2.13. The van der Waals surface area contributed by atoms with E-state index in [2.05, 4.69) is 15.2 Å². The highest BCUT2D eigenvalue weighted by molar-refractivity contribution is 14.0. The minimum Gasteiger partial charge on any atom is -0.379 e. The van der Waals surface area contributed by atoms with E-state index in [0.717, 1.165) is 45.8 Å². The zero-order chi connectivity index (χ0) is 17.1. The Balaban J connectivity index is 0.00000529. The van der Waals surface area contributed by atoms with Gasteiger partial charge in [0, 0.05) is 39.3 Å². The maximum absolute atomic E-state index is 11.4. The Kier molecular flexibility index (Phi) is 13.0. The molecule has 0 unspecified atom stereocenters. The van der Waals surface area contributed by atoms with Gasteiger partial charge in [0.2, 0.25) is 10.0 Å². The monoisotopic (exact) mass is 477 g/mol. The van der Waals surface area contributed by atoms with Gasteiger partial charge in [-0.1, -0.05) is 6.92 Å². The van der Waals surface area contributed by atoms with Crippen LogP contribution in [0.15, 0.2) is 4.99 Å². The zero-order valence-corrected chi connectivity index (χ0v) is 17.9. The quantitative estimate of drug-likeness (QED) is 0.197. The number of hydrogen-bond acceptors (Lipinski definition) is 5. The van der Waals surface area contributed by atoms with Gasteiger partial charge in [0.25, 0.3) is 0 Å². The fraction of sp³-hybridized carbons (Fsp3) is 0.929. The van der Waals surface area contributed by atoms with Crippen molar-refractivity contribution in [2.45, 2.75) is 19.8 Å². The minimum absolute atomic E-state index is 0. The van der Waals surface area contributed by atoms with Crippen molar-refractivity contribution in [3.63, 3.8) is 0 Å². The Labute approximate surface area is 163 Å². The number of nitrogens with two attached hydrogens (primary N) is 1. The van der Waals surface area contributed by atoms with Crippen molar-refractivity contribution in [1.82, 2.24) is 14.5 Å². The molecule has 0 aromatic heterocycles. The van der Waals surface area contributed by atoms with Crippen LogP contribution in [0.25, 0.3) is 0 Å². The predicted octanol–water partition coefficient (Wildman–Crippen LogP) is -0.0974. The Morgan fingerprint density at radius 3 is 2.58 bits per heavy atom. The molecule has 1 aliphatic heterocycles. The summed E-state index contributed by atoms with van der Waals surface area (Å²) in [7, 11) is -3.12. The van der Waals surface area contributed by atoms with Crippen molar-refractivity contribution in [3.8, 4) is 0 Å². The second kappa shape index (κ2) is 13.1. The third kappa shape index (κ3) is 10.6. The Morgan fingerprint density at radius 2 is 2.00 bits per heavy atom. The van der Waals surface area contributed by atoms with Crippen molar-refractivity contribution >= 4 is 40.0 Å². The molecule has 1 heterocycles. The van der Waals surface area contributed by atoms with Crippen molar-refractivity contribution in [1.29, 1.82) is 0 Å². The van der Waals surface area contributed by atoms with E-state index >= 15 is 0 Å². The van der Waals surface area contributed by atoms with Crippen molar-refractivity contribution in [2.24, 2.45) is 10.7 Å². The molecule has 0 aromatic rings. The number of hydrogen-bond donors (Lipinski definition) is 2. The van der Waals surface area contributed by atoms with Crippen LogP contribution in [0.3, 0.4) is 0 Å². The maximum Gasteiger partial charge on any atom is 0.211 e. The van der Waals surface area contributed by atoms with Gasteiger partial charge in [-0.05, 0) is 19.4 Å². The molecule has 10 heteroatoms. The first-order valence-corrected chi connectivity index (χ1v) is 10.1. The van der Waals surface area contributed by atoms with E-state index in [1.54, 1.807) is 0 Å². The van der Waals surface area contributed by atoms with E-state index < -0.39 is 10.0 Å². The number of nitrogens with zero attached hydrogens (tertiary/aromatic N) is 3. The van der Waals surface area contributed by atoms with E-state index in [-0.39, 0.29) is 24.0 Å². The molecule has 1 fully saturated rings. The number of rotatable bonds is 10. The molecule has 1 rings (SSSR count). The summed E-state index contributed by atoms with van der Waals surface area (Å²) in [5, 5.41) is 3.09. The molecule has 144 valence electrons. The zero-order valence-electron chi connectivity index (χ0n) is 14.7.